The predicted octanol–water partition coefficient (Wildman–Crippen LogP) is 3.49. The summed E-state index contributed by atoms with van der Waals surface area (Å²) in [7, 11) is 0. The average Bonchev–Trinajstić information content (AvgIpc) is 2.57. The van der Waals surface area contributed by atoms with Crippen molar-refractivity contribution in [3.63, 3.8) is 0 Å². The molecule has 1 N–H and O–H groups in total. The van der Waals surface area contributed by atoms with Crippen LogP contribution < -0.4 is 0 Å². The second-order valence-corrected chi connectivity index (χ2v) is 5.40. The number of benzene rings is 1. The standard InChI is InChI=1S/C12H16N2O3.C6H6/c1-11(2,10(15)16)17-12(14-4)7-5-9(13-3)6-8-12;1-2-4-6-5-3-1/h5-7H,3-4,8H2,1-2H3,(H,15,16);1-6H. The number of carbonyl (C=O) groups is 1. The zero-order valence-electron chi connectivity index (χ0n) is 13.5. The first-order valence-corrected chi connectivity index (χ1v) is 7.13. The quantitative estimate of drug-likeness (QED) is 0.846. The molecule has 1 aromatic rings. The number of carboxylic acids is 1. The van der Waals surface area contributed by atoms with Gasteiger partial charge in [-0.25, -0.2) is 4.79 Å². The number of rotatable bonds is 5. The molecule has 0 fully saturated rings. The Kier molecular flexibility index (Phi) is 6.60. The first kappa shape index (κ1) is 18.5. The molecule has 0 spiro atoms. The van der Waals surface area contributed by atoms with Gasteiger partial charge in [-0.2, -0.15) is 0 Å². The summed E-state index contributed by atoms with van der Waals surface area (Å²) in [6, 6.07) is 12.0. The highest BCUT2D eigenvalue weighted by Crippen LogP contribution is 2.31. The maximum atomic E-state index is 11.0. The van der Waals surface area contributed by atoms with E-state index >= 15 is 0 Å². The van der Waals surface area contributed by atoms with Crippen LogP contribution in [0.15, 0.2) is 70.3 Å². The number of aliphatic carboxylic acids is 1. The Labute approximate surface area is 136 Å². The van der Waals surface area contributed by atoms with Crippen LogP contribution >= 0.6 is 0 Å². The summed E-state index contributed by atoms with van der Waals surface area (Å²) < 4.78 is 5.55. The van der Waals surface area contributed by atoms with E-state index < -0.39 is 17.3 Å². The molecule has 122 valence electrons. The van der Waals surface area contributed by atoms with Gasteiger partial charge < -0.3 is 9.84 Å². The van der Waals surface area contributed by atoms with E-state index in [1.54, 1.807) is 18.2 Å². The molecule has 2 rings (SSSR count). The first-order valence-electron chi connectivity index (χ1n) is 7.13. The molecule has 0 saturated heterocycles. The van der Waals surface area contributed by atoms with Crippen molar-refractivity contribution in [2.75, 3.05) is 0 Å². The van der Waals surface area contributed by atoms with Gasteiger partial charge in [-0.05, 0) is 39.4 Å². The third-order valence-corrected chi connectivity index (χ3v) is 3.18. The molecule has 1 aliphatic rings. The van der Waals surface area contributed by atoms with Crippen LogP contribution in [0, 0.1) is 0 Å². The lowest BCUT2D eigenvalue weighted by molar-refractivity contribution is -0.176. The van der Waals surface area contributed by atoms with Gasteiger partial charge >= 0.3 is 5.97 Å². The van der Waals surface area contributed by atoms with Gasteiger partial charge in [0.25, 0.3) is 0 Å². The fourth-order valence-corrected chi connectivity index (χ4v) is 1.82. The molecule has 1 aliphatic carbocycles. The Bertz CT molecular complexity index is 579. The minimum atomic E-state index is -1.33. The molecule has 0 radical (unpaired) electrons. The van der Waals surface area contributed by atoms with Crippen molar-refractivity contribution in [3.8, 4) is 0 Å². The summed E-state index contributed by atoms with van der Waals surface area (Å²) in [5.74, 6) is -1.05. The summed E-state index contributed by atoms with van der Waals surface area (Å²) in [6.07, 6.45) is 5.50. The Hall–Kier alpha value is -2.53. The summed E-state index contributed by atoms with van der Waals surface area (Å²) in [5, 5.41) is 9.02. The minimum Gasteiger partial charge on any atom is -0.479 e. The van der Waals surface area contributed by atoms with Gasteiger partial charge in [-0.1, -0.05) is 42.5 Å². The molecule has 0 heterocycles. The second kappa shape index (κ2) is 8.19. The molecule has 0 aliphatic heterocycles. The van der Waals surface area contributed by atoms with Crippen LogP contribution in [0.2, 0.25) is 0 Å². The van der Waals surface area contributed by atoms with Crippen molar-refractivity contribution in [2.45, 2.75) is 31.6 Å². The topological polar surface area (TPSA) is 71.2 Å². The molecule has 0 aromatic heterocycles. The minimum absolute atomic E-state index is 0.387. The molecule has 23 heavy (non-hydrogen) atoms. The van der Waals surface area contributed by atoms with E-state index in [0.717, 1.165) is 0 Å². The zero-order valence-corrected chi connectivity index (χ0v) is 13.5. The normalized spacial score (nSPS) is 19.8. The van der Waals surface area contributed by atoms with Crippen molar-refractivity contribution >= 4 is 19.4 Å². The van der Waals surface area contributed by atoms with E-state index in [1.807, 2.05) is 36.4 Å². The molecule has 0 amide bonds. The van der Waals surface area contributed by atoms with Crippen LogP contribution in [-0.4, -0.2) is 35.8 Å². The maximum Gasteiger partial charge on any atom is 0.335 e. The summed E-state index contributed by atoms with van der Waals surface area (Å²) in [6.45, 7) is 9.81. The molecule has 1 aromatic carbocycles. The van der Waals surface area contributed by atoms with Gasteiger partial charge in [0.2, 0.25) is 0 Å². The van der Waals surface area contributed by atoms with E-state index in [4.69, 9.17) is 9.84 Å². The van der Waals surface area contributed by atoms with Gasteiger partial charge in [0.05, 0.1) is 5.70 Å². The molecule has 1 unspecified atom stereocenters. The lowest BCUT2D eigenvalue weighted by atomic mass is 10.0. The van der Waals surface area contributed by atoms with Crippen LogP contribution in [0.4, 0.5) is 0 Å². The van der Waals surface area contributed by atoms with Gasteiger partial charge in [0.1, 0.15) is 0 Å². The summed E-state index contributed by atoms with van der Waals surface area (Å²) >= 11 is 0. The van der Waals surface area contributed by atoms with E-state index in [2.05, 4.69) is 23.4 Å². The Morgan fingerprint density at radius 3 is 2.04 bits per heavy atom. The van der Waals surface area contributed by atoms with Gasteiger partial charge in [0.15, 0.2) is 11.3 Å². The third-order valence-electron chi connectivity index (χ3n) is 3.18. The fourth-order valence-electron chi connectivity index (χ4n) is 1.82. The lowest BCUT2D eigenvalue weighted by Crippen LogP contribution is -2.44. The maximum absolute atomic E-state index is 11.0. The number of carboxylic acid groups (broad SMARTS) is 1. The molecular formula is C18H22N2O3. The number of hydrogen-bond donors (Lipinski definition) is 1. The number of hydrogen-bond acceptors (Lipinski definition) is 4. The highest BCUT2D eigenvalue weighted by Gasteiger charge is 2.39. The smallest absolute Gasteiger partial charge is 0.335 e. The molecular weight excluding hydrogens is 292 g/mol. The Morgan fingerprint density at radius 1 is 1.22 bits per heavy atom. The number of allylic oxidation sites excluding steroid dienone is 1. The molecule has 1 atom stereocenters. The van der Waals surface area contributed by atoms with Crippen molar-refractivity contribution in [1.29, 1.82) is 0 Å². The Balaban J connectivity index is 0.000000366. The van der Waals surface area contributed by atoms with E-state index in [0.29, 0.717) is 12.1 Å². The fraction of sp³-hybridized carbons (Fsp3) is 0.278. The van der Waals surface area contributed by atoms with E-state index in [1.165, 1.54) is 13.8 Å². The highest BCUT2D eigenvalue weighted by atomic mass is 16.6. The van der Waals surface area contributed by atoms with Crippen molar-refractivity contribution in [3.05, 3.63) is 60.3 Å². The SMILES string of the molecule is C=NC1=CCC(N=C)(OC(C)(C)C(=O)O)C=C1.c1ccccc1. The molecule has 5 nitrogen and oxygen atoms in total. The van der Waals surface area contributed by atoms with Gasteiger partial charge in [-0.15, -0.1) is 0 Å². The number of aliphatic imine (C=N–C) groups is 2. The summed E-state index contributed by atoms with van der Waals surface area (Å²) in [4.78, 5) is 18.7. The van der Waals surface area contributed by atoms with Gasteiger partial charge in [0, 0.05) is 6.42 Å². The third kappa shape index (κ3) is 5.64. The highest BCUT2D eigenvalue weighted by molar-refractivity contribution is 5.76. The Morgan fingerprint density at radius 2 is 1.74 bits per heavy atom. The average molecular weight is 314 g/mol. The van der Waals surface area contributed by atoms with Crippen LogP contribution in [0.3, 0.4) is 0 Å². The molecule has 0 saturated carbocycles. The summed E-state index contributed by atoms with van der Waals surface area (Å²) in [5.41, 5.74) is -1.67. The van der Waals surface area contributed by atoms with E-state index in [9.17, 15) is 4.79 Å². The van der Waals surface area contributed by atoms with Crippen LogP contribution in [-0.2, 0) is 9.53 Å². The van der Waals surface area contributed by atoms with E-state index in [-0.39, 0.29) is 0 Å². The van der Waals surface area contributed by atoms with Crippen LogP contribution in [0.25, 0.3) is 0 Å². The van der Waals surface area contributed by atoms with Crippen LogP contribution in [0.1, 0.15) is 20.3 Å². The number of nitrogens with zero attached hydrogens (tertiary/aromatic N) is 2. The lowest BCUT2D eigenvalue weighted by Gasteiger charge is -2.34. The second-order valence-electron chi connectivity index (χ2n) is 5.40. The largest absolute Gasteiger partial charge is 0.479 e. The number of ether oxygens (including phenoxy) is 1. The molecule has 5 heteroatoms. The monoisotopic (exact) mass is 314 g/mol. The van der Waals surface area contributed by atoms with Crippen molar-refractivity contribution in [2.24, 2.45) is 9.98 Å². The zero-order chi connectivity index (χ0) is 17.3. The van der Waals surface area contributed by atoms with Gasteiger partial charge in [-0.3, -0.25) is 9.98 Å². The molecule has 0 bridgehead atoms. The predicted molar refractivity (Wildman–Crippen MR) is 92.9 cm³/mol. The van der Waals surface area contributed by atoms with Crippen molar-refractivity contribution < 1.29 is 14.6 Å². The van der Waals surface area contributed by atoms with Crippen molar-refractivity contribution in [1.82, 2.24) is 0 Å². The first-order chi connectivity index (χ1) is 10.9. The van der Waals surface area contributed by atoms with Crippen LogP contribution in [0.5, 0.6) is 0 Å².